The van der Waals surface area contributed by atoms with Crippen molar-refractivity contribution in [3.8, 4) is 5.75 Å². The van der Waals surface area contributed by atoms with Crippen molar-refractivity contribution >= 4 is 23.2 Å². The van der Waals surface area contributed by atoms with Gasteiger partial charge in [0.1, 0.15) is 11.4 Å². The molecule has 0 aliphatic rings. The first-order valence-electron chi connectivity index (χ1n) is 10.9. The number of hydrogen-bond donors (Lipinski definition) is 3. The van der Waals surface area contributed by atoms with Gasteiger partial charge in [-0.15, -0.1) is 0 Å². The van der Waals surface area contributed by atoms with E-state index in [0.29, 0.717) is 16.9 Å². The lowest BCUT2D eigenvalue weighted by Crippen LogP contribution is -2.21. The maximum absolute atomic E-state index is 13.3. The Hall–Kier alpha value is -3.67. The molecule has 3 rings (SSSR count). The average molecular weight is 446 g/mol. The molecule has 0 saturated heterocycles. The van der Waals surface area contributed by atoms with E-state index >= 15 is 0 Å². The molecule has 1 heterocycles. The third kappa shape index (κ3) is 5.58. The van der Waals surface area contributed by atoms with Crippen molar-refractivity contribution in [3.63, 3.8) is 0 Å². The van der Waals surface area contributed by atoms with Gasteiger partial charge in [0, 0.05) is 11.8 Å². The Morgan fingerprint density at radius 1 is 0.788 bits per heavy atom. The highest BCUT2D eigenvalue weighted by Gasteiger charge is 2.27. The standard InChI is InChI=1S/C27H31N3O3/c1-26(2,3)17-15-18(23(31)19(16-17)27(4,5)6)24(32)29-20-11-7-8-12-21(20)30-25(33)22-13-9-10-14-28-22/h7-16,31H,1-6H3,(H,29,32)(H,30,33). The molecule has 0 radical (unpaired) electrons. The topological polar surface area (TPSA) is 91.3 Å². The molecule has 0 unspecified atom stereocenters. The summed E-state index contributed by atoms with van der Waals surface area (Å²) in [7, 11) is 0. The molecule has 0 atom stereocenters. The molecule has 0 fully saturated rings. The van der Waals surface area contributed by atoms with Crippen molar-refractivity contribution in [3.05, 3.63) is 83.2 Å². The summed E-state index contributed by atoms with van der Waals surface area (Å²) in [6.45, 7) is 12.2. The van der Waals surface area contributed by atoms with Gasteiger partial charge in [-0.25, -0.2) is 0 Å². The number of phenolic OH excluding ortho intramolecular Hbond substituents is 1. The van der Waals surface area contributed by atoms with E-state index in [4.69, 9.17) is 0 Å². The normalized spacial score (nSPS) is 11.7. The molecule has 0 aliphatic heterocycles. The Morgan fingerprint density at radius 2 is 1.36 bits per heavy atom. The van der Waals surface area contributed by atoms with Gasteiger partial charge in [-0.1, -0.05) is 65.8 Å². The van der Waals surface area contributed by atoms with Crippen molar-refractivity contribution in [1.82, 2.24) is 4.98 Å². The van der Waals surface area contributed by atoms with Crippen LogP contribution in [-0.4, -0.2) is 21.9 Å². The summed E-state index contributed by atoms with van der Waals surface area (Å²) >= 11 is 0. The summed E-state index contributed by atoms with van der Waals surface area (Å²) < 4.78 is 0. The minimum atomic E-state index is -0.455. The average Bonchev–Trinajstić information content (AvgIpc) is 2.74. The summed E-state index contributed by atoms with van der Waals surface area (Å²) in [6.07, 6.45) is 1.54. The molecule has 33 heavy (non-hydrogen) atoms. The lowest BCUT2D eigenvalue weighted by molar-refractivity contribution is 0.101. The zero-order chi connectivity index (χ0) is 24.4. The number of carbonyl (C=O) groups excluding carboxylic acids is 2. The lowest BCUT2D eigenvalue weighted by atomic mass is 9.79. The SMILES string of the molecule is CC(C)(C)c1cc(C(=O)Nc2ccccc2NC(=O)c2ccccn2)c(O)c(C(C)(C)C)c1. The van der Waals surface area contributed by atoms with Crippen LogP contribution in [-0.2, 0) is 10.8 Å². The molecule has 0 saturated carbocycles. The number of aromatic hydroxyl groups is 1. The van der Waals surface area contributed by atoms with E-state index in [9.17, 15) is 14.7 Å². The smallest absolute Gasteiger partial charge is 0.274 e. The Morgan fingerprint density at radius 3 is 1.88 bits per heavy atom. The van der Waals surface area contributed by atoms with Gasteiger partial charge >= 0.3 is 0 Å². The van der Waals surface area contributed by atoms with Gasteiger partial charge in [-0.3, -0.25) is 14.6 Å². The summed E-state index contributed by atoms with van der Waals surface area (Å²) in [4.78, 5) is 29.9. The summed E-state index contributed by atoms with van der Waals surface area (Å²) in [5.74, 6) is -0.878. The molecule has 3 N–H and O–H groups in total. The van der Waals surface area contributed by atoms with Crippen LogP contribution in [0, 0.1) is 0 Å². The Kier molecular flexibility index (Phi) is 6.58. The first kappa shape index (κ1) is 24.0. The molecule has 0 bridgehead atoms. The van der Waals surface area contributed by atoms with Crippen LogP contribution >= 0.6 is 0 Å². The van der Waals surface area contributed by atoms with E-state index in [2.05, 4.69) is 36.4 Å². The number of nitrogens with zero attached hydrogens (tertiary/aromatic N) is 1. The number of para-hydroxylation sites is 2. The van der Waals surface area contributed by atoms with Crippen LogP contribution in [0.2, 0.25) is 0 Å². The molecule has 3 aromatic rings. The minimum absolute atomic E-state index is 0.0389. The van der Waals surface area contributed by atoms with E-state index in [1.807, 2.05) is 26.8 Å². The second-order valence-electron chi connectivity index (χ2n) is 10.1. The van der Waals surface area contributed by atoms with E-state index in [1.54, 1.807) is 54.7 Å². The van der Waals surface area contributed by atoms with Gasteiger partial charge in [0.05, 0.1) is 16.9 Å². The molecular formula is C27H31N3O3. The van der Waals surface area contributed by atoms with Crippen LogP contribution in [0.15, 0.2) is 60.8 Å². The fourth-order valence-corrected chi connectivity index (χ4v) is 3.39. The Bertz CT molecular complexity index is 1170. The van der Waals surface area contributed by atoms with Crippen LogP contribution in [0.5, 0.6) is 5.75 Å². The minimum Gasteiger partial charge on any atom is -0.507 e. The van der Waals surface area contributed by atoms with Gasteiger partial charge in [-0.2, -0.15) is 0 Å². The van der Waals surface area contributed by atoms with Crippen LogP contribution in [0.3, 0.4) is 0 Å². The molecule has 0 spiro atoms. The van der Waals surface area contributed by atoms with Crippen molar-refractivity contribution in [1.29, 1.82) is 0 Å². The predicted molar refractivity (Wildman–Crippen MR) is 132 cm³/mol. The van der Waals surface area contributed by atoms with Gasteiger partial charge in [-0.05, 0) is 46.7 Å². The zero-order valence-corrected chi connectivity index (χ0v) is 20.0. The molecule has 0 aliphatic carbocycles. The van der Waals surface area contributed by atoms with Crippen molar-refractivity contribution in [2.45, 2.75) is 52.4 Å². The van der Waals surface area contributed by atoms with Crippen LogP contribution in [0.1, 0.15) is 73.5 Å². The number of nitrogens with one attached hydrogen (secondary N) is 2. The highest BCUT2D eigenvalue weighted by atomic mass is 16.3. The van der Waals surface area contributed by atoms with Crippen LogP contribution in [0.25, 0.3) is 0 Å². The number of carbonyl (C=O) groups is 2. The van der Waals surface area contributed by atoms with Gasteiger partial charge in [0.15, 0.2) is 0 Å². The number of aromatic nitrogens is 1. The summed E-state index contributed by atoms with van der Waals surface area (Å²) in [5, 5.41) is 16.6. The van der Waals surface area contributed by atoms with Crippen LogP contribution < -0.4 is 10.6 Å². The molecule has 2 aromatic carbocycles. The van der Waals surface area contributed by atoms with E-state index in [-0.39, 0.29) is 33.7 Å². The van der Waals surface area contributed by atoms with E-state index in [0.717, 1.165) is 5.56 Å². The van der Waals surface area contributed by atoms with Crippen molar-refractivity contribution in [2.24, 2.45) is 0 Å². The second-order valence-corrected chi connectivity index (χ2v) is 10.1. The lowest BCUT2D eigenvalue weighted by Gasteiger charge is -2.27. The number of phenols is 1. The Balaban J connectivity index is 1.96. The van der Waals surface area contributed by atoms with E-state index < -0.39 is 5.91 Å². The fraction of sp³-hybridized carbons (Fsp3) is 0.296. The van der Waals surface area contributed by atoms with Crippen molar-refractivity contribution < 1.29 is 14.7 Å². The highest BCUT2D eigenvalue weighted by Crippen LogP contribution is 2.38. The van der Waals surface area contributed by atoms with Crippen LogP contribution in [0.4, 0.5) is 11.4 Å². The maximum Gasteiger partial charge on any atom is 0.274 e. The Labute approximate surface area is 195 Å². The van der Waals surface area contributed by atoms with Crippen molar-refractivity contribution in [2.75, 3.05) is 10.6 Å². The predicted octanol–water partition coefficient (Wildman–Crippen LogP) is 5.89. The number of rotatable bonds is 4. The molecule has 172 valence electrons. The first-order chi connectivity index (χ1) is 15.4. The molecule has 6 heteroatoms. The third-order valence-corrected chi connectivity index (χ3v) is 5.35. The van der Waals surface area contributed by atoms with Gasteiger partial charge in [0.25, 0.3) is 11.8 Å². The van der Waals surface area contributed by atoms with Gasteiger partial charge < -0.3 is 15.7 Å². The number of anilines is 2. The number of benzene rings is 2. The molecular weight excluding hydrogens is 414 g/mol. The van der Waals surface area contributed by atoms with Gasteiger partial charge in [0.2, 0.25) is 0 Å². The fourth-order valence-electron chi connectivity index (χ4n) is 3.39. The summed E-state index contributed by atoms with van der Waals surface area (Å²) in [5.41, 5.74) is 2.41. The van der Waals surface area contributed by atoms with E-state index in [1.165, 1.54) is 0 Å². The second kappa shape index (κ2) is 9.06. The molecule has 6 nitrogen and oxygen atoms in total. The number of hydrogen-bond acceptors (Lipinski definition) is 4. The maximum atomic E-state index is 13.3. The largest absolute Gasteiger partial charge is 0.507 e. The summed E-state index contributed by atoms with van der Waals surface area (Å²) in [6, 6.07) is 15.7. The molecule has 1 aromatic heterocycles. The first-order valence-corrected chi connectivity index (χ1v) is 10.9. The highest BCUT2D eigenvalue weighted by molar-refractivity contribution is 6.10. The quantitative estimate of drug-likeness (QED) is 0.467. The number of pyridine rings is 1. The zero-order valence-electron chi connectivity index (χ0n) is 20.0. The third-order valence-electron chi connectivity index (χ3n) is 5.35. The number of amides is 2. The monoisotopic (exact) mass is 445 g/mol. The molecule has 2 amide bonds.